The van der Waals surface area contributed by atoms with Crippen LogP contribution in [-0.4, -0.2) is 4.98 Å². The summed E-state index contributed by atoms with van der Waals surface area (Å²) >= 11 is 5.96. The third kappa shape index (κ3) is 1.81. The lowest BCUT2D eigenvalue weighted by Crippen LogP contribution is -2.11. The average Bonchev–Trinajstić information content (AvgIpc) is 2.27. The molecule has 0 aliphatic heterocycles. The van der Waals surface area contributed by atoms with Crippen LogP contribution in [0.4, 0.5) is 10.2 Å². The van der Waals surface area contributed by atoms with Gasteiger partial charge in [-0.1, -0.05) is 18.5 Å². The fourth-order valence-corrected chi connectivity index (χ4v) is 1.89. The second-order valence-corrected chi connectivity index (χ2v) is 3.86. The summed E-state index contributed by atoms with van der Waals surface area (Å²) in [6.07, 6.45) is 0.774. The molecule has 2 rings (SSSR count). The van der Waals surface area contributed by atoms with Crippen molar-refractivity contribution in [3.8, 4) is 0 Å². The second kappa shape index (κ2) is 4.23. The number of aryl methyl sites for hydroxylation is 1. The zero-order valence-corrected chi connectivity index (χ0v) is 9.48. The van der Waals surface area contributed by atoms with E-state index in [-0.39, 0.29) is 0 Å². The Morgan fingerprint density at radius 3 is 2.81 bits per heavy atom. The Bertz CT molecular complexity index is 542. The van der Waals surface area contributed by atoms with Gasteiger partial charge >= 0.3 is 0 Å². The van der Waals surface area contributed by atoms with Gasteiger partial charge in [-0.15, -0.1) is 0 Å². The molecule has 3 nitrogen and oxygen atoms in total. The van der Waals surface area contributed by atoms with Gasteiger partial charge in [0.15, 0.2) is 0 Å². The maximum atomic E-state index is 13.1. The Labute approximate surface area is 97.4 Å². The number of nitrogens with two attached hydrogens (primary N) is 1. The number of aromatic nitrogens is 1. The summed E-state index contributed by atoms with van der Waals surface area (Å²) in [5, 5.41) is 1.10. The van der Waals surface area contributed by atoms with Crippen molar-refractivity contribution in [1.82, 2.24) is 4.98 Å². The van der Waals surface area contributed by atoms with Gasteiger partial charge in [0, 0.05) is 11.5 Å². The number of fused-ring (bicyclic) bond motifs is 1. The molecule has 0 spiro atoms. The predicted octanol–water partition coefficient (Wildman–Crippen LogP) is 2.88. The number of pyridine rings is 1. The maximum Gasteiger partial charge on any atom is 0.143 e. The van der Waals surface area contributed by atoms with Crippen LogP contribution in [0.5, 0.6) is 0 Å². The third-order valence-electron chi connectivity index (χ3n) is 2.45. The summed E-state index contributed by atoms with van der Waals surface area (Å²) < 4.78 is 13.1. The molecule has 0 atom stereocenters. The van der Waals surface area contributed by atoms with Gasteiger partial charge in [0.05, 0.1) is 10.5 Å². The number of hydrogen-bond donors (Lipinski definition) is 2. The Balaban J connectivity index is 2.78. The van der Waals surface area contributed by atoms with Crippen LogP contribution in [0, 0.1) is 5.82 Å². The summed E-state index contributed by atoms with van der Waals surface area (Å²) in [5.41, 5.74) is 3.94. The first kappa shape index (κ1) is 11.1. The molecular formula is C11H11ClFN3. The van der Waals surface area contributed by atoms with Gasteiger partial charge in [-0.25, -0.2) is 15.2 Å². The highest BCUT2D eigenvalue weighted by Crippen LogP contribution is 2.27. The Morgan fingerprint density at radius 2 is 2.19 bits per heavy atom. The number of benzene rings is 1. The first-order valence-electron chi connectivity index (χ1n) is 4.91. The molecule has 1 aromatic carbocycles. The Morgan fingerprint density at radius 1 is 1.44 bits per heavy atom. The molecule has 0 amide bonds. The molecule has 84 valence electrons. The molecule has 0 fully saturated rings. The molecule has 0 saturated heterocycles. The minimum absolute atomic E-state index is 0.362. The van der Waals surface area contributed by atoms with E-state index in [0.717, 1.165) is 17.4 Å². The van der Waals surface area contributed by atoms with Gasteiger partial charge < -0.3 is 5.43 Å². The van der Waals surface area contributed by atoms with E-state index in [1.54, 1.807) is 0 Å². The quantitative estimate of drug-likeness (QED) is 0.626. The van der Waals surface area contributed by atoms with E-state index in [2.05, 4.69) is 10.4 Å². The van der Waals surface area contributed by atoms with Gasteiger partial charge in [-0.3, -0.25) is 0 Å². The molecule has 1 heterocycles. The number of nitrogen functional groups attached to an aromatic ring is 1. The molecule has 0 aliphatic carbocycles. The van der Waals surface area contributed by atoms with Crippen LogP contribution in [0.3, 0.4) is 0 Å². The smallest absolute Gasteiger partial charge is 0.143 e. The molecule has 0 unspecified atom stereocenters. The Hall–Kier alpha value is -1.39. The van der Waals surface area contributed by atoms with Gasteiger partial charge in [-0.2, -0.15) is 0 Å². The first-order valence-corrected chi connectivity index (χ1v) is 5.28. The van der Waals surface area contributed by atoms with Crippen molar-refractivity contribution < 1.29 is 4.39 Å². The van der Waals surface area contributed by atoms with E-state index in [1.165, 1.54) is 12.1 Å². The number of nitrogens with zero attached hydrogens (tertiary/aromatic N) is 1. The number of hydrogen-bond acceptors (Lipinski definition) is 3. The SMILES string of the molecule is CCc1cc2c(Cl)cc(F)cc2nc1NN. The van der Waals surface area contributed by atoms with Crippen molar-refractivity contribution in [2.45, 2.75) is 13.3 Å². The van der Waals surface area contributed by atoms with E-state index in [4.69, 9.17) is 17.4 Å². The van der Waals surface area contributed by atoms with E-state index in [9.17, 15) is 4.39 Å². The van der Waals surface area contributed by atoms with Crippen molar-refractivity contribution in [2.24, 2.45) is 5.84 Å². The molecule has 16 heavy (non-hydrogen) atoms. The number of hydrazine groups is 1. The molecule has 0 bridgehead atoms. The van der Waals surface area contributed by atoms with Crippen LogP contribution >= 0.6 is 11.6 Å². The van der Waals surface area contributed by atoms with E-state index < -0.39 is 5.82 Å². The molecule has 0 aliphatic rings. The fourth-order valence-electron chi connectivity index (χ4n) is 1.64. The lowest BCUT2D eigenvalue weighted by Gasteiger charge is -2.09. The lowest BCUT2D eigenvalue weighted by atomic mass is 10.1. The van der Waals surface area contributed by atoms with Crippen molar-refractivity contribution in [3.63, 3.8) is 0 Å². The lowest BCUT2D eigenvalue weighted by molar-refractivity contribution is 0.629. The monoisotopic (exact) mass is 239 g/mol. The molecule has 5 heteroatoms. The molecule has 2 aromatic rings. The summed E-state index contributed by atoms with van der Waals surface area (Å²) in [4.78, 5) is 4.23. The predicted molar refractivity (Wildman–Crippen MR) is 63.9 cm³/mol. The zero-order valence-electron chi connectivity index (χ0n) is 8.72. The van der Waals surface area contributed by atoms with E-state index in [0.29, 0.717) is 16.4 Å². The van der Waals surface area contributed by atoms with Gasteiger partial charge in [0.2, 0.25) is 0 Å². The highest BCUT2D eigenvalue weighted by Gasteiger charge is 2.08. The Kier molecular flexibility index (Phi) is 2.94. The average molecular weight is 240 g/mol. The van der Waals surface area contributed by atoms with Crippen LogP contribution in [0.25, 0.3) is 10.9 Å². The summed E-state index contributed by atoms with van der Waals surface area (Å²) in [7, 11) is 0. The highest BCUT2D eigenvalue weighted by atomic mass is 35.5. The maximum absolute atomic E-state index is 13.1. The topological polar surface area (TPSA) is 50.9 Å². The van der Waals surface area contributed by atoms with Crippen molar-refractivity contribution in [2.75, 3.05) is 5.43 Å². The molecular weight excluding hydrogens is 229 g/mol. The third-order valence-corrected chi connectivity index (χ3v) is 2.76. The normalized spacial score (nSPS) is 10.8. The van der Waals surface area contributed by atoms with Crippen LogP contribution in [0.2, 0.25) is 5.02 Å². The largest absolute Gasteiger partial charge is 0.308 e. The highest BCUT2D eigenvalue weighted by molar-refractivity contribution is 6.35. The van der Waals surface area contributed by atoms with Gasteiger partial charge in [0.25, 0.3) is 0 Å². The zero-order chi connectivity index (χ0) is 11.7. The number of rotatable bonds is 2. The standard InChI is InChI=1S/C11H11ClFN3/c1-2-6-3-8-9(12)4-7(13)5-10(8)15-11(6)16-14/h3-5H,2,14H2,1H3,(H,15,16). The van der Waals surface area contributed by atoms with Crippen LogP contribution < -0.4 is 11.3 Å². The first-order chi connectivity index (χ1) is 7.65. The van der Waals surface area contributed by atoms with E-state index >= 15 is 0 Å². The number of anilines is 1. The number of nitrogens with one attached hydrogen (secondary N) is 1. The minimum Gasteiger partial charge on any atom is -0.308 e. The molecule has 0 saturated carbocycles. The summed E-state index contributed by atoms with van der Waals surface area (Å²) in [6.45, 7) is 1.99. The fraction of sp³-hybridized carbons (Fsp3) is 0.182. The minimum atomic E-state index is -0.405. The van der Waals surface area contributed by atoms with Crippen LogP contribution in [0.1, 0.15) is 12.5 Å². The summed E-state index contributed by atoms with van der Waals surface area (Å²) in [6, 6.07) is 4.49. The van der Waals surface area contributed by atoms with Crippen molar-refractivity contribution in [1.29, 1.82) is 0 Å². The van der Waals surface area contributed by atoms with Crippen LogP contribution in [0.15, 0.2) is 18.2 Å². The number of halogens is 2. The molecule has 3 N–H and O–H groups in total. The molecule has 1 aromatic heterocycles. The van der Waals surface area contributed by atoms with Crippen LogP contribution in [-0.2, 0) is 6.42 Å². The van der Waals surface area contributed by atoms with Gasteiger partial charge in [0.1, 0.15) is 11.6 Å². The van der Waals surface area contributed by atoms with Crippen molar-refractivity contribution in [3.05, 3.63) is 34.6 Å². The molecule has 0 radical (unpaired) electrons. The summed E-state index contributed by atoms with van der Waals surface area (Å²) in [5.74, 6) is 5.50. The second-order valence-electron chi connectivity index (χ2n) is 3.45. The van der Waals surface area contributed by atoms with Crippen molar-refractivity contribution >= 4 is 28.3 Å². The van der Waals surface area contributed by atoms with E-state index in [1.807, 2.05) is 13.0 Å². The van der Waals surface area contributed by atoms with Gasteiger partial charge in [-0.05, 0) is 24.1 Å².